The maximum absolute atomic E-state index is 13.5. The summed E-state index contributed by atoms with van der Waals surface area (Å²) in [6.07, 6.45) is -14.1. The molecule has 0 amide bonds. The fourth-order valence-electron chi connectivity index (χ4n) is 7.48. The second-order valence-electron chi connectivity index (χ2n) is 14.5. The van der Waals surface area contributed by atoms with Crippen molar-refractivity contribution in [3.05, 3.63) is 42.0 Å². The van der Waals surface area contributed by atoms with E-state index in [9.17, 15) is 49.2 Å². The fraction of sp³-hybridized carbons (Fsp3) is 0.500. The van der Waals surface area contributed by atoms with Gasteiger partial charge in [0.2, 0.25) is 5.95 Å². The van der Waals surface area contributed by atoms with Crippen molar-refractivity contribution in [2.75, 3.05) is 37.0 Å². The van der Waals surface area contributed by atoms with Crippen LogP contribution in [-0.4, -0.2) is 169 Å². The van der Waals surface area contributed by atoms with Crippen molar-refractivity contribution >= 4 is 66.7 Å². The number of nitrogens with zero attached hydrogens (tertiary/aromatic N) is 11. The fourth-order valence-corrected chi connectivity index (χ4v) is 9.41. The zero-order valence-corrected chi connectivity index (χ0v) is 34.0. The van der Waals surface area contributed by atoms with Crippen LogP contribution in [0.15, 0.2) is 36.4 Å². The summed E-state index contributed by atoms with van der Waals surface area (Å²) in [5.74, 6) is -0.311. The molecule has 0 aromatic carbocycles. The van der Waals surface area contributed by atoms with Crippen molar-refractivity contribution in [2.24, 2.45) is 0 Å². The number of fused-ring (bicyclic) bond motifs is 3. The number of aliphatic hydroxyl groups excluding tert-OH is 5. The number of H-pyrrole nitrogens is 1. The van der Waals surface area contributed by atoms with Gasteiger partial charge in [-0.1, -0.05) is 0 Å². The summed E-state index contributed by atoms with van der Waals surface area (Å²) in [7, 11) is -10.7. The van der Waals surface area contributed by atoms with Gasteiger partial charge in [0.25, 0.3) is 5.56 Å². The van der Waals surface area contributed by atoms with Gasteiger partial charge in [0.1, 0.15) is 78.6 Å². The van der Waals surface area contributed by atoms with E-state index in [2.05, 4.69) is 44.9 Å². The first-order chi connectivity index (χ1) is 30.4. The van der Waals surface area contributed by atoms with E-state index >= 15 is 0 Å². The number of imidazole rings is 3. The summed E-state index contributed by atoms with van der Waals surface area (Å²) in [5, 5.41) is 54.5. The molecule has 3 aliphatic heterocycles. The number of nitrogens with one attached hydrogen (secondary N) is 1. The Morgan fingerprint density at radius 1 is 0.625 bits per heavy atom. The average Bonchev–Trinajstić information content (AvgIpc) is 4.11. The molecule has 2 unspecified atom stereocenters. The average molecular weight is 942 g/mol. The first kappa shape index (κ1) is 44.0. The molecule has 3 saturated heterocycles. The lowest BCUT2D eigenvalue weighted by molar-refractivity contribution is -0.0618. The van der Waals surface area contributed by atoms with Gasteiger partial charge in [0.05, 0.1) is 38.8 Å². The van der Waals surface area contributed by atoms with Gasteiger partial charge in [-0.05, 0) is 0 Å². The highest BCUT2D eigenvalue weighted by molar-refractivity contribution is 7.47. The zero-order chi connectivity index (χ0) is 45.4. The van der Waals surface area contributed by atoms with Gasteiger partial charge in [0.15, 0.2) is 52.8 Å². The van der Waals surface area contributed by atoms with Crippen LogP contribution in [0.5, 0.6) is 0 Å². The number of ether oxygens (including phenoxy) is 3. The number of anilines is 3. The second-order valence-corrected chi connectivity index (χ2v) is 17.3. The van der Waals surface area contributed by atoms with E-state index in [0.717, 1.165) is 29.9 Å². The molecule has 3 aliphatic rings. The first-order valence-corrected chi connectivity index (χ1v) is 21.6. The highest BCUT2D eigenvalue weighted by atomic mass is 31.2. The molecule has 0 bridgehead atoms. The van der Waals surface area contributed by atoms with Crippen LogP contribution >= 0.6 is 15.6 Å². The molecular weight excluding hydrogens is 904 g/mol. The lowest BCUT2D eigenvalue weighted by Crippen LogP contribution is -2.37. The summed E-state index contributed by atoms with van der Waals surface area (Å²) in [4.78, 5) is 68.4. The lowest BCUT2D eigenvalue weighted by atomic mass is 10.1. The van der Waals surface area contributed by atoms with E-state index in [-0.39, 0.29) is 51.1 Å². The maximum atomic E-state index is 13.5. The molecule has 14 atom stereocenters. The molecule has 34 heteroatoms. The SMILES string of the molecule is Nc1nc2c(ncn2[C@@H]2O[C@H](COP(=O)(O)O[C@H]3[C@@H](O)[C@H](n4cnc5c(N)ncnc54)O[C@@H]3COP(=O)(O)O[C@H]3[C@@H](O)[C@H](n4cnc5c(N)ncnc54)O[C@@H]3CO)[C@@H](O)[C@H]2O)c(=O)[nH]1. The Morgan fingerprint density at radius 2 is 1.08 bits per heavy atom. The van der Waals surface area contributed by atoms with E-state index in [4.69, 9.17) is 49.5 Å². The number of phosphoric acid groups is 2. The van der Waals surface area contributed by atoms with Gasteiger partial charge in [-0.15, -0.1) is 0 Å². The van der Waals surface area contributed by atoms with Crippen molar-refractivity contribution in [3.8, 4) is 0 Å². The third-order valence-corrected chi connectivity index (χ3v) is 12.5. The number of hydrogen-bond acceptors (Lipinski definition) is 26. The molecule has 64 heavy (non-hydrogen) atoms. The minimum absolute atomic E-state index is 0.0164. The van der Waals surface area contributed by atoms with Crippen molar-refractivity contribution in [1.82, 2.24) is 58.6 Å². The third kappa shape index (κ3) is 7.87. The van der Waals surface area contributed by atoms with E-state index in [1.54, 1.807) is 0 Å². The number of rotatable bonds is 14. The summed E-state index contributed by atoms with van der Waals surface area (Å²) in [5.41, 5.74) is 16.8. The highest BCUT2D eigenvalue weighted by Crippen LogP contribution is 2.52. The number of aromatic amines is 1. The topological polar surface area (TPSA) is 469 Å². The monoisotopic (exact) mass is 941 g/mol. The van der Waals surface area contributed by atoms with Crippen molar-refractivity contribution in [2.45, 2.75) is 73.6 Å². The molecule has 0 saturated carbocycles. The summed E-state index contributed by atoms with van der Waals surface area (Å²) < 4.78 is 68.9. The second kappa shape index (κ2) is 16.6. The van der Waals surface area contributed by atoms with Crippen molar-refractivity contribution < 1.29 is 76.8 Å². The van der Waals surface area contributed by atoms with Crippen LogP contribution in [0.3, 0.4) is 0 Å². The van der Waals surface area contributed by atoms with E-state index < -0.39 is 115 Å². The maximum Gasteiger partial charge on any atom is 0.472 e. The number of nitrogen functional groups attached to an aromatic ring is 3. The van der Waals surface area contributed by atoms with Crippen molar-refractivity contribution in [3.63, 3.8) is 0 Å². The predicted octanol–water partition coefficient (Wildman–Crippen LogP) is -4.32. The first-order valence-electron chi connectivity index (χ1n) is 18.6. The molecule has 0 aliphatic carbocycles. The lowest BCUT2D eigenvalue weighted by Gasteiger charge is -2.25. The Morgan fingerprint density at radius 3 is 1.62 bits per heavy atom. The smallest absolute Gasteiger partial charge is 0.394 e. The molecule has 9 rings (SSSR count). The summed E-state index contributed by atoms with van der Waals surface area (Å²) in [6.45, 7) is -2.75. The summed E-state index contributed by atoms with van der Waals surface area (Å²) >= 11 is 0. The third-order valence-electron chi connectivity index (χ3n) is 10.5. The molecule has 6 aromatic heterocycles. The standard InChI is InChI=1S/C30H37N15O17P2/c31-21-12-23(36-4-34-21)43(6-38-12)28-17(49)19(9(1-46)58-28)61-64(54,55)57-3-11-20(18(50)29(60-11)44-7-39-13-22(32)35-5-37-24(13)44)62-63(52,53)56-2-10-15(47)16(48)27(59-10)45-8-40-14-25(45)41-30(33)42-26(14)51/h4-11,15-20,27-29,46-50H,1-3H2,(H,52,53)(H,54,55)(H2,31,34,36)(H2,32,35,37)(H3,33,41,42,51)/t9-,10-,11-,15-,16-,17-,18-,19-,20-,27-,28-,29-/m1/s1. The molecular formula is C30H37N15O17P2. The van der Waals surface area contributed by atoms with E-state index in [1.807, 2.05) is 0 Å². The molecule has 9 heterocycles. The van der Waals surface area contributed by atoms with Crippen LogP contribution in [0.1, 0.15) is 18.7 Å². The number of nitrogens with two attached hydrogens (primary N) is 3. The molecule has 3 fully saturated rings. The molecule has 6 aromatic rings. The number of aliphatic hydroxyl groups is 5. The van der Waals surface area contributed by atoms with Crippen LogP contribution in [0.2, 0.25) is 0 Å². The van der Waals surface area contributed by atoms with Gasteiger partial charge in [-0.25, -0.2) is 44.0 Å². The molecule has 32 nitrogen and oxygen atoms in total. The molecule has 14 N–H and O–H groups in total. The van der Waals surface area contributed by atoms with Gasteiger partial charge in [-0.2, -0.15) is 4.98 Å². The van der Waals surface area contributed by atoms with Gasteiger partial charge in [-0.3, -0.25) is 41.6 Å². The highest BCUT2D eigenvalue weighted by Gasteiger charge is 2.53. The Balaban J connectivity index is 0.912. The Labute approximate surface area is 354 Å². The predicted molar refractivity (Wildman–Crippen MR) is 206 cm³/mol. The quantitative estimate of drug-likeness (QED) is 0.0460. The van der Waals surface area contributed by atoms with Gasteiger partial charge < -0.3 is 66.7 Å². The Bertz CT molecular complexity index is 2860. The van der Waals surface area contributed by atoms with E-state index in [0.29, 0.717) is 0 Å². The number of aromatic nitrogens is 12. The van der Waals surface area contributed by atoms with Crippen LogP contribution < -0.4 is 22.8 Å². The largest absolute Gasteiger partial charge is 0.472 e. The van der Waals surface area contributed by atoms with Crippen LogP contribution in [0, 0.1) is 0 Å². The van der Waals surface area contributed by atoms with Gasteiger partial charge >= 0.3 is 15.6 Å². The van der Waals surface area contributed by atoms with Crippen molar-refractivity contribution in [1.29, 1.82) is 0 Å². The molecule has 0 radical (unpaired) electrons. The number of phosphoric ester groups is 2. The summed E-state index contributed by atoms with van der Waals surface area (Å²) in [6, 6.07) is 0. The zero-order valence-electron chi connectivity index (χ0n) is 32.2. The Kier molecular flexibility index (Phi) is 11.4. The minimum atomic E-state index is -5.36. The minimum Gasteiger partial charge on any atom is -0.394 e. The van der Waals surface area contributed by atoms with Crippen LogP contribution in [0.4, 0.5) is 17.6 Å². The van der Waals surface area contributed by atoms with Gasteiger partial charge in [0, 0.05) is 0 Å². The molecule has 344 valence electrons. The van der Waals surface area contributed by atoms with Crippen LogP contribution in [0.25, 0.3) is 33.5 Å². The Hall–Kier alpha value is -5.25. The van der Waals surface area contributed by atoms with E-state index in [1.165, 1.54) is 15.5 Å². The van der Waals surface area contributed by atoms with Crippen LogP contribution in [-0.2, 0) is 41.4 Å². The molecule has 0 spiro atoms. The normalized spacial score (nSPS) is 31.6. The number of hydrogen-bond donors (Lipinski definition) is 11.